The normalized spacial score (nSPS) is 20.1. The summed E-state index contributed by atoms with van der Waals surface area (Å²) in [7, 11) is 3.88. The molecule has 1 saturated heterocycles. The van der Waals surface area contributed by atoms with Gasteiger partial charge in [-0.25, -0.2) is 0 Å². The molecule has 0 spiro atoms. The van der Waals surface area contributed by atoms with Gasteiger partial charge in [0.2, 0.25) is 11.8 Å². The summed E-state index contributed by atoms with van der Waals surface area (Å²) in [6, 6.07) is 3.72. The van der Waals surface area contributed by atoms with E-state index < -0.39 is 0 Å². The highest BCUT2D eigenvalue weighted by atomic mass is 16.3. The second-order valence-electron chi connectivity index (χ2n) is 5.57. The molecule has 0 bridgehead atoms. The number of carbonyl (C=O) groups is 2. The van der Waals surface area contributed by atoms with Gasteiger partial charge in [-0.15, -0.1) is 0 Å². The fourth-order valence-electron chi connectivity index (χ4n) is 2.61. The van der Waals surface area contributed by atoms with Crippen LogP contribution in [-0.2, 0) is 9.59 Å². The van der Waals surface area contributed by atoms with Crippen LogP contribution in [0, 0.1) is 5.92 Å². The Morgan fingerprint density at radius 2 is 2.33 bits per heavy atom. The van der Waals surface area contributed by atoms with E-state index in [0.29, 0.717) is 26.1 Å². The van der Waals surface area contributed by atoms with Gasteiger partial charge >= 0.3 is 0 Å². The van der Waals surface area contributed by atoms with Gasteiger partial charge in [0.05, 0.1) is 18.2 Å². The zero-order valence-corrected chi connectivity index (χ0v) is 12.8. The zero-order chi connectivity index (χ0) is 15.4. The van der Waals surface area contributed by atoms with E-state index in [4.69, 9.17) is 4.42 Å². The summed E-state index contributed by atoms with van der Waals surface area (Å²) < 4.78 is 5.41. The Kier molecular flexibility index (Phi) is 5.01. The number of carbonyl (C=O) groups excluding carboxylic acids is 2. The molecule has 0 aliphatic carbocycles. The number of nitrogens with one attached hydrogen (secondary N) is 1. The van der Waals surface area contributed by atoms with Gasteiger partial charge in [-0.2, -0.15) is 0 Å². The van der Waals surface area contributed by atoms with Crippen LogP contribution < -0.4 is 5.32 Å². The van der Waals surface area contributed by atoms with E-state index in [-0.39, 0.29) is 23.8 Å². The van der Waals surface area contributed by atoms with E-state index >= 15 is 0 Å². The molecule has 21 heavy (non-hydrogen) atoms. The lowest BCUT2D eigenvalue weighted by atomic mass is 10.1. The first-order valence-corrected chi connectivity index (χ1v) is 7.28. The monoisotopic (exact) mass is 293 g/mol. The van der Waals surface area contributed by atoms with Crippen molar-refractivity contribution in [2.75, 3.05) is 33.7 Å². The van der Waals surface area contributed by atoms with Crippen LogP contribution in [0.5, 0.6) is 0 Å². The summed E-state index contributed by atoms with van der Waals surface area (Å²) in [6.07, 6.45) is 1.94. The van der Waals surface area contributed by atoms with Crippen molar-refractivity contribution in [1.29, 1.82) is 0 Å². The van der Waals surface area contributed by atoms with Crippen LogP contribution in [0.4, 0.5) is 0 Å². The van der Waals surface area contributed by atoms with Crippen molar-refractivity contribution < 1.29 is 14.0 Å². The molecule has 6 nitrogen and oxygen atoms in total. The van der Waals surface area contributed by atoms with E-state index in [1.165, 1.54) is 0 Å². The first kappa shape index (κ1) is 15.6. The number of likely N-dealkylation sites (N-methyl/N-ethyl adjacent to an activating group) is 1. The molecule has 0 aromatic carbocycles. The highest BCUT2D eigenvalue weighted by molar-refractivity contribution is 5.89. The largest absolute Gasteiger partial charge is 0.468 e. The quantitative estimate of drug-likeness (QED) is 0.845. The minimum atomic E-state index is -0.239. The molecule has 2 atom stereocenters. The molecule has 2 rings (SSSR count). The molecule has 1 aromatic heterocycles. The van der Waals surface area contributed by atoms with E-state index in [0.717, 1.165) is 5.76 Å². The maximum atomic E-state index is 12.2. The average molecular weight is 293 g/mol. The van der Waals surface area contributed by atoms with Crippen molar-refractivity contribution in [3.8, 4) is 0 Å². The van der Waals surface area contributed by atoms with Crippen LogP contribution in [0.3, 0.4) is 0 Å². The number of hydrogen-bond donors (Lipinski definition) is 1. The molecule has 2 amide bonds. The summed E-state index contributed by atoms with van der Waals surface area (Å²) in [6.45, 7) is 3.58. The van der Waals surface area contributed by atoms with Crippen molar-refractivity contribution in [3.05, 3.63) is 24.2 Å². The van der Waals surface area contributed by atoms with Gasteiger partial charge in [0.1, 0.15) is 5.76 Å². The van der Waals surface area contributed by atoms with Gasteiger partial charge in [0, 0.05) is 26.1 Å². The van der Waals surface area contributed by atoms with Gasteiger partial charge < -0.3 is 14.6 Å². The van der Waals surface area contributed by atoms with Gasteiger partial charge in [0.15, 0.2) is 0 Å². The predicted molar refractivity (Wildman–Crippen MR) is 78.5 cm³/mol. The molecule has 6 heteroatoms. The van der Waals surface area contributed by atoms with Crippen LogP contribution >= 0.6 is 0 Å². The number of nitrogens with zero attached hydrogens (tertiary/aromatic N) is 2. The molecule has 1 aromatic rings. The molecule has 0 radical (unpaired) electrons. The third-order valence-corrected chi connectivity index (χ3v) is 3.93. The number of furan rings is 1. The highest BCUT2D eigenvalue weighted by Crippen LogP contribution is 2.20. The Hall–Kier alpha value is -1.82. The molecule has 116 valence electrons. The molecule has 1 aliphatic heterocycles. The second-order valence-corrected chi connectivity index (χ2v) is 5.57. The Morgan fingerprint density at radius 3 is 2.86 bits per heavy atom. The molecular weight excluding hydrogens is 270 g/mol. The van der Waals surface area contributed by atoms with Crippen LogP contribution in [0.15, 0.2) is 22.8 Å². The third-order valence-electron chi connectivity index (χ3n) is 3.93. The first-order valence-electron chi connectivity index (χ1n) is 7.28. The standard InChI is InChI=1S/C15H23N3O3/c1-4-18-10-11(8-14(18)19)15(20)16-9-12(17(2)3)13-6-5-7-21-13/h5-7,11-12H,4,8-10H2,1-3H3,(H,16,20)/t11-,12+/m1/s1. The molecule has 2 heterocycles. The van der Waals surface area contributed by atoms with Crippen molar-refractivity contribution in [2.24, 2.45) is 5.92 Å². The lowest BCUT2D eigenvalue weighted by molar-refractivity contribution is -0.128. The molecule has 1 N–H and O–H groups in total. The van der Waals surface area contributed by atoms with Crippen LogP contribution in [0.2, 0.25) is 0 Å². The lowest BCUT2D eigenvalue weighted by Gasteiger charge is -2.23. The molecular formula is C15H23N3O3. The summed E-state index contributed by atoms with van der Waals surface area (Å²) in [4.78, 5) is 27.6. The SMILES string of the molecule is CCN1C[C@H](C(=O)NC[C@@H](c2ccco2)N(C)C)CC1=O. The molecule has 1 aliphatic rings. The van der Waals surface area contributed by atoms with Crippen LogP contribution in [-0.4, -0.2) is 55.3 Å². The smallest absolute Gasteiger partial charge is 0.225 e. The van der Waals surface area contributed by atoms with Gasteiger partial charge in [-0.3, -0.25) is 14.5 Å². The number of amides is 2. The highest BCUT2D eigenvalue weighted by Gasteiger charge is 2.33. The molecule has 0 saturated carbocycles. The van der Waals surface area contributed by atoms with Crippen molar-refractivity contribution in [3.63, 3.8) is 0 Å². The minimum absolute atomic E-state index is 0.0108. The Balaban J connectivity index is 1.90. The van der Waals surface area contributed by atoms with Crippen LogP contribution in [0.25, 0.3) is 0 Å². The first-order chi connectivity index (χ1) is 10.0. The fraction of sp³-hybridized carbons (Fsp3) is 0.600. The Morgan fingerprint density at radius 1 is 1.57 bits per heavy atom. The van der Waals surface area contributed by atoms with Crippen LogP contribution in [0.1, 0.15) is 25.1 Å². The van der Waals surface area contributed by atoms with Crippen molar-refractivity contribution in [1.82, 2.24) is 15.1 Å². The summed E-state index contributed by atoms with van der Waals surface area (Å²) in [5, 5.41) is 2.94. The van der Waals surface area contributed by atoms with Crippen molar-refractivity contribution in [2.45, 2.75) is 19.4 Å². The van der Waals surface area contributed by atoms with Crippen molar-refractivity contribution >= 4 is 11.8 Å². The minimum Gasteiger partial charge on any atom is -0.468 e. The Bertz CT molecular complexity index is 484. The van der Waals surface area contributed by atoms with E-state index in [1.54, 1.807) is 11.2 Å². The van der Waals surface area contributed by atoms with Gasteiger partial charge in [-0.05, 0) is 33.2 Å². The van der Waals surface area contributed by atoms with Gasteiger partial charge in [-0.1, -0.05) is 0 Å². The summed E-state index contributed by atoms with van der Waals surface area (Å²) in [5.41, 5.74) is 0. The van der Waals surface area contributed by atoms with E-state index in [9.17, 15) is 9.59 Å². The number of likely N-dealkylation sites (tertiary alicyclic amines) is 1. The molecule has 0 unspecified atom stereocenters. The summed E-state index contributed by atoms with van der Waals surface area (Å²) in [5.74, 6) is 0.584. The number of rotatable bonds is 6. The fourth-order valence-corrected chi connectivity index (χ4v) is 2.61. The van der Waals surface area contributed by atoms with Gasteiger partial charge in [0.25, 0.3) is 0 Å². The lowest BCUT2D eigenvalue weighted by Crippen LogP contribution is -2.38. The maximum Gasteiger partial charge on any atom is 0.225 e. The number of hydrogen-bond acceptors (Lipinski definition) is 4. The second kappa shape index (κ2) is 6.76. The van der Waals surface area contributed by atoms with E-state index in [1.807, 2.05) is 38.1 Å². The Labute approximate surface area is 125 Å². The molecule has 1 fully saturated rings. The summed E-state index contributed by atoms with van der Waals surface area (Å²) >= 11 is 0. The topological polar surface area (TPSA) is 65.8 Å². The maximum absolute atomic E-state index is 12.2. The predicted octanol–water partition coefficient (Wildman–Crippen LogP) is 0.867. The van der Waals surface area contributed by atoms with E-state index in [2.05, 4.69) is 5.32 Å². The third kappa shape index (κ3) is 3.64. The zero-order valence-electron chi connectivity index (χ0n) is 12.8. The average Bonchev–Trinajstić information content (AvgIpc) is 3.07.